The summed E-state index contributed by atoms with van der Waals surface area (Å²) in [6.07, 6.45) is 1.44. The summed E-state index contributed by atoms with van der Waals surface area (Å²) in [4.78, 5) is 22.8. The monoisotopic (exact) mass is 331 g/mol. The highest BCUT2D eigenvalue weighted by atomic mass is 35.5. The molecule has 0 spiro atoms. The van der Waals surface area contributed by atoms with E-state index in [0.717, 1.165) is 5.56 Å². The molecule has 0 atom stereocenters. The predicted molar refractivity (Wildman–Crippen MR) is 88.9 cm³/mol. The molecule has 2 aromatic carbocycles. The van der Waals surface area contributed by atoms with Crippen LogP contribution in [-0.2, 0) is 4.79 Å². The largest absolute Gasteiger partial charge is 0.507 e. The highest BCUT2D eigenvalue weighted by Crippen LogP contribution is 2.21. The van der Waals surface area contributed by atoms with Crippen molar-refractivity contribution in [1.29, 1.82) is 0 Å². The average molecular weight is 332 g/mol. The Labute approximate surface area is 137 Å². The van der Waals surface area contributed by atoms with Gasteiger partial charge in [0.25, 0.3) is 5.91 Å². The van der Waals surface area contributed by atoms with E-state index in [1.165, 1.54) is 31.3 Å². The first-order valence-electron chi connectivity index (χ1n) is 6.65. The molecular formula is C16H14ClN3O3. The smallest absolute Gasteiger partial charge is 0.275 e. The van der Waals surface area contributed by atoms with Crippen molar-refractivity contribution >= 4 is 35.3 Å². The minimum atomic E-state index is -0.573. The summed E-state index contributed by atoms with van der Waals surface area (Å²) in [5, 5.41) is 16.4. The first-order chi connectivity index (χ1) is 11.0. The molecule has 118 valence electrons. The first kappa shape index (κ1) is 16.5. The molecule has 0 aliphatic heterocycles. The molecule has 2 aromatic rings. The van der Waals surface area contributed by atoms with Gasteiger partial charge in [-0.2, -0.15) is 5.10 Å². The van der Waals surface area contributed by atoms with E-state index in [2.05, 4.69) is 15.8 Å². The summed E-state index contributed by atoms with van der Waals surface area (Å²) in [5.74, 6) is -0.905. The molecule has 0 saturated carbocycles. The van der Waals surface area contributed by atoms with E-state index in [9.17, 15) is 14.7 Å². The van der Waals surface area contributed by atoms with E-state index in [0.29, 0.717) is 10.7 Å². The second-order valence-electron chi connectivity index (χ2n) is 4.66. The van der Waals surface area contributed by atoms with E-state index in [1.807, 2.05) is 0 Å². The lowest BCUT2D eigenvalue weighted by atomic mass is 10.2. The Kier molecular flexibility index (Phi) is 5.32. The number of phenolic OH excluding ortho intramolecular Hbond substituents is 1. The topological polar surface area (TPSA) is 90.8 Å². The minimum absolute atomic E-state index is 0.0376. The number of nitrogens with zero attached hydrogens (tertiary/aromatic N) is 1. The second-order valence-corrected chi connectivity index (χ2v) is 5.10. The lowest BCUT2D eigenvalue weighted by Crippen LogP contribution is -2.17. The number of halogens is 1. The van der Waals surface area contributed by atoms with Crippen LogP contribution in [0.3, 0.4) is 0 Å². The maximum Gasteiger partial charge on any atom is 0.275 e. The molecule has 0 fully saturated rings. The van der Waals surface area contributed by atoms with Crippen molar-refractivity contribution in [2.45, 2.75) is 6.92 Å². The SMILES string of the molecule is CC(=O)Nc1ccc(/C=N\NC(=O)c2cc(Cl)ccc2O)cc1. The van der Waals surface area contributed by atoms with Crippen LogP contribution in [-0.4, -0.2) is 23.1 Å². The Balaban J connectivity index is 1.99. The maximum atomic E-state index is 11.9. The van der Waals surface area contributed by atoms with E-state index < -0.39 is 5.91 Å². The second kappa shape index (κ2) is 7.42. The van der Waals surface area contributed by atoms with E-state index in [-0.39, 0.29) is 17.2 Å². The summed E-state index contributed by atoms with van der Waals surface area (Å²) in [6.45, 7) is 1.43. The number of hydrogen-bond donors (Lipinski definition) is 3. The van der Waals surface area contributed by atoms with Crippen molar-refractivity contribution in [3.63, 3.8) is 0 Å². The zero-order chi connectivity index (χ0) is 16.8. The molecule has 0 unspecified atom stereocenters. The fourth-order valence-electron chi connectivity index (χ4n) is 1.77. The van der Waals surface area contributed by atoms with Crippen molar-refractivity contribution in [1.82, 2.24) is 5.43 Å². The van der Waals surface area contributed by atoms with Gasteiger partial charge < -0.3 is 10.4 Å². The lowest BCUT2D eigenvalue weighted by Gasteiger charge is -2.03. The molecule has 0 heterocycles. The number of rotatable bonds is 4. The quantitative estimate of drug-likeness (QED) is 0.594. The molecule has 0 aliphatic rings. The Hall–Kier alpha value is -2.86. The Bertz CT molecular complexity index is 758. The average Bonchev–Trinajstić information content (AvgIpc) is 2.51. The van der Waals surface area contributed by atoms with E-state index in [4.69, 9.17) is 11.6 Å². The van der Waals surface area contributed by atoms with Gasteiger partial charge in [0.1, 0.15) is 5.75 Å². The highest BCUT2D eigenvalue weighted by Gasteiger charge is 2.10. The van der Waals surface area contributed by atoms with Crippen LogP contribution >= 0.6 is 11.6 Å². The van der Waals surface area contributed by atoms with Gasteiger partial charge >= 0.3 is 0 Å². The zero-order valence-electron chi connectivity index (χ0n) is 12.2. The number of amides is 2. The van der Waals surface area contributed by atoms with Crippen LogP contribution in [0.2, 0.25) is 5.02 Å². The third-order valence-electron chi connectivity index (χ3n) is 2.81. The molecule has 23 heavy (non-hydrogen) atoms. The number of carbonyl (C=O) groups is 2. The molecule has 0 saturated heterocycles. The minimum Gasteiger partial charge on any atom is -0.507 e. The van der Waals surface area contributed by atoms with Gasteiger partial charge in [-0.25, -0.2) is 5.43 Å². The molecule has 2 amide bonds. The number of anilines is 1. The van der Waals surface area contributed by atoms with Gasteiger partial charge in [-0.15, -0.1) is 0 Å². The molecule has 0 aromatic heterocycles. The van der Waals surface area contributed by atoms with Crippen LogP contribution in [0, 0.1) is 0 Å². The zero-order valence-corrected chi connectivity index (χ0v) is 13.0. The standard InChI is InChI=1S/C16H14ClN3O3/c1-10(21)19-13-5-2-11(3-6-13)9-18-20-16(23)14-8-12(17)4-7-15(14)22/h2-9,22H,1H3,(H,19,21)(H,20,23)/b18-9-. The molecule has 0 bridgehead atoms. The van der Waals surface area contributed by atoms with Crippen LogP contribution in [0.15, 0.2) is 47.6 Å². The number of hydrazone groups is 1. The molecule has 7 heteroatoms. The van der Waals surface area contributed by atoms with Gasteiger partial charge in [0, 0.05) is 17.6 Å². The third kappa shape index (κ3) is 4.82. The van der Waals surface area contributed by atoms with Crippen LogP contribution in [0.25, 0.3) is 0 Å². The summed E-state index contributed by atoms with van der Waals surface area (Å²) in [6, 6.07) is 11.1. The van der Waals surface area contributed by atoms with Gasteiger partial charge in [-0.05, 0) is 35.9 Å². The number of phenols is 1. The number of hydrogen-bond acceptors (Lipinski definition) is 4. The summed E-state index contributed by atoms with van der Waals surface area (Å²) >= 11 is 5.78. The van der Waals surface area contributed by atoms with Gasteiger partial charge in [-0.3, -0.25) is 9.59 Å². The van der Waals surface area contributed by atoms with Crippen LogP contribution < -0.4 is 10.7 Å². The molecule has 0 radical (unpaired) electrons. The highest BCUT2D eigenvalue weighted by molar-refractivity contribution is 6.31. The Morgan fingerprint density at radius 3 is 2.52 bits per heavy atom. The van der Waals surface area contributed by atoms with Gasteiger partial charge in [0.2, 0.25) is 5.91 Å². The third-order valence-corrected chi connectivity index (χ3v) is 3.05. The predicted octanol–water partition coefficient (Wildman–Crippen LogP) is 2.77. The van der Waals surface area contributed by atoms with Gasteiger partial charge in [-0.1, -0.05) is 23.7 Å². The molecule has 6 nitrogen and oxygen atoms in total. The van der Waals surface area contributed by atoms with E-state index >= 15 is 0 Å². The van der Waals surface area contributed by atoms with Gasteiger partial charge in [0.15, 0.2) is 0 Å². The van der Waals surface area contributed by atoms with Gasteiger partial charge in [0.05, 0.1) is 11.8 Å². The van der Waals surface area contributed by atoms with Crippen molar-refractivity contribution in [3.8, 4) is 5.75 Å². The van der Waals surface area contributed by atoms with Crippen LogP contribution in [0.4, 0.5) is 5.69 Å². The first-order valence-corrected chi connectivity index (χ1v) is 7.03. The Morgan fingerprint density at radius 1 is 1.17 bits per heavy atom. The maximum absolute atomic E-state index is 11.9. The lowest BCUT2D eigenvalue weighted by molar-refractivity contribution is -0.114. The van der Waals surface area contributed by atoms with E-state index in [1.54, 1.807) is 24.3 Å². The van der Waals surface area contributed by atoms with Crippen molar-refractivity contribution in [3.05, 3.63) is 58.6 Å². The number of aromatic hydroxyl groups is 1. The number of carbonyl (C=O) groups excluding carboxylic acids is 2. The molecule has 0 aliphatic carbocycles. The summed E-state index contributed by atoms with van der Waals surface area (Å²) < 4.78 is 0. The Morgan fingerprint density at radius 2 is 1.87 bits per heavy atom. The van der Waals surface area contributed by atoms with Crippen molar-refractivity contribution < 1.29 is 14.7 Å². The molecular weight excluding hydrogens is 318 g/mol. The number of nitrogens with one attached hydrogen (secondary N) is 2. The van der Waals surface area contributed by atoms with Crippen LogP contribution in [0.1, 0.15) is 22.8 Å². The molecule has 2 rings (SSSR count). The number of benzene rings is 2. The normalized spacial score (nSPS) is 10.5. The van der Waals surface area contributed by atoms with Crippen LogP contribution in [0.5, 0.6) is 5.75 Å². The fourth-order valence-corrected chi connectivity index (χ4v) is 1.94. The summed E-state index contributed by atoms with van der Waals surface area (Å²) in [7, 11) is 0. The molecule has 3 N–H and O–H groups in total. The van der Waals surface area contributed by atoms with Crippen molar-refractivity contribution in [2.75, 3.05) is 5.32 Å². The van der Waals surface area contributed by atoms with Crippen molar-refractivity contribution in [2.24, 2.45) is 5.10 Å². The fraction of sp³-hybridized carbons (Fsp3) is 0.0625. The summed E-state index contributed by atoms with van der Waals surface area (Å²) in [5.41, 5.74) is 3.74.